The maximum absolute atomic E-state index is 13.3. The lowest BCUT2D eigenvalue weighted by Crippen LogP contribution is -2.50. The number of piperazine rings is 1. The first kappa shape index (κ1) is 26.0. The van der Waals surface area contributed by atoms with Gasteiger partial charge in [-0.25, -0.2) is 0 Å². The third-order valence-electron chi connectivity index (χ3n) is 8.96. The number of nitrogens with one attached hydrogen (secondary N) is 1. The van der Waals surface area contributed by atoms with Crippen LogP contribution in [0.25, 0.3) is 0 Å². The molecule has 3 aliphatic rings. The smallest absolute Gasteiger partial charge is 0.226 e. The molecule has 2 aromatic carbocycles. The van der Waals surface area contributed by atoms with Gasteiger partial charge in [-0.1, -0.05) is 81.4 Å². The Kier molecular flexibility index (Phi) is 7.71. The summed E-state index contributed by atoms with van der Waals surface area (Å²) in [4.78, 5) is 30.7. The Morgan fingerprint density at radius 2 is 1.32 bits per heavy atom. The Morgan fingerprint density at radius 3 is 1.84 bits per heavy atom. The molecule has 1 saturated heterocycles. The third-order valence-corrected chi connectivity index (χ3v) is 8.96. The highest BCUT2D eigenvalue weighted by Crippen LogP contribution is 2.42. The zero-order chi connectivity index (χ0) is 26.0. The van der Waals surface area contributed by atoms with E-state index in [9.17, 15) is 9.59 Å². The van der Waals surface area contributed by atoms with Gasteiger partial charge in [-0.2, -0.15) is 0 Å². The van der Waals surface area contributed by atoms with E-state index in [1.807, 2.05) is 4.90 Å². The Bertz CT molecular complexity index is 1010. The Labute approximate surface area is 222 Å². The molecule has 2 aromatic rings. The summed E-state index contributed by atoms with van der Waals surface area (Å²) in [6.07, 6.45) is 5.19. The highest BCUT2D eigenvalue weighted by atomic mass is 16.2. The second-order valence-corrected chi connectivity index (χ2v) is 12.5. The van der Waals surface area contributed by atoms with Crippen molar-refractivity contribution in [1.82, 2.24) is 15.1 Å². The summed E-state index contributed by atoms with van der Waals surface area (Å²) < 4.78 is 0. The van der Waals surface area contributed by atoms with E-state index in [1.54, 1.807) is 0 Å². The maximum Gasteiger partial charge on any atom is 0.226 e. The van der Waals surface area contributed by atoms with Gasteiger partial charge in [0, 0.05) is 32.2 Å². The lowest BCUT2D eigenvalue weighted by Gasteiger charge is -2.40. The van der Waals surface area contributed by atoms with E-state index >= 15 is 0 Å². The quantitative estimate of drug-likeness (QED) is 0.586. The minimum absolute atomic E-state index is 0.101. The van der Waals surface area contributed by atoms with E-state index in [1.165, 1.54) is 24.0 Å². The largest absolute Gasteiger partial charge is 0.353 e. The average Bonchev–Trinajstić information content (AvgIpc) is 3.71. The second kappa shape index (κ2) is 11.0. The summed E-state index contributed by atoms with van der Waals surface area (Å²) >= 11 is 0. The van der Waals surface area contributed by atoms with E-state index in [4.69, 9.17) is 0 Å². The minimum Gasteiger partial charge on any atom is -0.353 e. The van der Waals surface area contributed by atoms with Gasteiger partial charge in [0.25, 0.3) is 0 Å². The normalized spacial score (nSPS) is 26.6. The molecule has 1 heterocycles. The molecule has 2 saturated carbocycles. The van der Waals surface area contributed by atoms with Gasteiger partial charge in [-0.3, -0.25) is 14.5 Å². The number of hydrogen-bond donors (Lipinski definition) is 1. The first-order chi connectivity index (χ1) is 17.8. The van der Waals surface area contributed by atoms with Crippen molar-refractivity contribution < 1.29 is 9.59 Å². The molecule has 5 heteroatoms. The zero-order valence-electron chi connectivity index (χ0n) is 22.7. The molecule has 0 unspecified atom stereocenters. The number of carbonyl (C=O) groups excluding carboxylic acids is 2. The molecule has 2 aliphatic carbocycles. The standard InChI is InChI=1S/C32H43N3O2/c1-32(2,3)25-14-16-26(17-15-25)33-30(36)27-22-28(27)31(37)35-20-18-34(19-21-35)29(23-10-6-4-7-11-23)24-12-8-5-9-13-24/h4-13,25-29H,14-22H2,1-3H3,(H,33,36)/t25?,26?,27-,28-/m0/s1. The van der Waals surface area contributed by atoms with Gasteiger partial charge in [-0.15, -0.1) is 0 Å². The topological polar surface area (TPSA) is 52.7 Å². The van der Waals surface area contributed by atoms with E-state index in [2.05, 4.69) is 91.7 Å². The molecule has 5 rings (SSSR count). The molecular formula is C32H43N3O2. The fourth-order valence-corrected chi connectivity index (χ4v) is 6.49. The molecule has 198 valence electrons. The molecule has 1 N–H and O–H groups in total. The molecule has 3 fully saturated rings. The van der Waals surface area contributed by atoms with Crippen molar-refractivity contribution in [3.8, 4) is 0 Å². The first-order valence-corrected chi connectivity index (χ1v) is 14.2. The Hall–Kier alpha value is -2.66. The first-order valence-electron chi connectivity index (χ1n) is 14.2. The summed E-state index contributed by atoms with van der Waals surface area (Å²) in [6, 6.07) is 21.7. The molecule has 0 spiro atoms. The molecule has 0 bridgehead atoms. The summed E-state index contributed by atoms with van der Waals surface area (Å²) in [7, 11) is 0. The van der Waals surface area contributed by atoms with Gasteiger partial charge in [0.05, 0.1) is 17.9 Å². The van der Waals surface area contributed by atoms with Crippen molar-refractivity contribution in [2.75, 3.05) is 26.2 Å². The number of amides is 2. The maximum atomic E-state index is 13.3. The lowest BCUT2D eigenvalue weighted by atomic mass is 9.71. The van der Waals surface area contributed by atoms with Crippen LogP contribution in [0, 0.1) is 23.2 Å². The molecule has 0 aromatic heterocycles. The van der Waals surface area contributed by atoms with E-state index in [0.29, 0.717) is 11.8 Å². The monoisotopic (exact) mass is 501 g/mol. The van der Waals surface area contributed by atoms with Crippen LogP contribution < -0.4 is 5.32 Å². The van der Waals surface area contributed by atoms with Crippen LogP contribution in [0.2, 0.25) is 0 Å². The van der Waals surface area contributed by atoms with E-state index < -0.39 is 0 Å². The summed E-state index contributed by atoms with van der Waals surface area (Å²) in [5.41, 5.74) is 2.91. The Morgan fingerprint density at radius 1 is 0.784 bits per heavy atom. The summed E-state index contributed by atoms with van der Waals surface area (Å²) in [5, 5.41) is 3.28. The van der Waals surface area contributed by atoms with Gasteiger partial charge in [0.15, 0.2) is 0 Å². The summed E-state index contributed by atoms with van der Waals surface area (Å²) in [6.45, 7) is 10.1. The molecule has 2 atom stereocenters. The van der Waals surface area contributed by atoms with Crippen LogP contribution in [0.4, 0.5) is 0 Å². The predicted octanol–water partition coefficient (Wildman–Crippen LogP) is 5.28. The van der Waals surface area contributed by atoms with Crippen LogP contribution in [-0.4, -0.2) is 53.8 Å². The number of nitrogens with zero attached hydrogens (tertiary/aromatic N) is 2. The fraction of sp³-hybridized carbons (Fsp3) is 0.562. The van der Waals surface area contributed by atoms with Crippen molar-refractivity contribution >= 4 is 11.8 Å². The molecule has 1 aliphatic heterocycles. The number of rotatable bonds is 6. The molecular weight excluding hydrogens is 458 g/mol. The van der Waals surface area contributed by atoms with Crippen molar-refractivity contribution in [2.24, 2.45) is 23.2 Å². The van der Waals surface area contributed by atoms with Crippen LogP contribution in [0.5, 0.6) is 0 Å². The number of carbonyl (C=O) groups is 2. The highest BCUT2D eigenvalue weighted by Gasteiger charge is 2.50. The van der Waals surface area contributed by atoms with Crippen LogP contribution in [0.15, 0.2) is 60.7 Å². The molecule has 5 nitrogen and oxygen atoms in total. The predicted molar refractivity (Wildman–Crippen MR) is 148 cm³/mol. The number of benzene rings is 2. The van der Waals surface area contributed by atoms with Crippen LogP contribution in [-0.2, 0) is 9.59 Å². The van der Waals surface area contributed by atoms with Crippen molar-refractivity contribution in [3.05, 3.63) is 71.8 Å². The SMILES string of the molecule is CC(C)(C)C1CCC(NC(=O)[C@H]2C[C@@H]2C(=O)N2CCN(C(c3ccccc3)c3ccccc3)CC2)CC1. The van der Waals surface area contributed by atoms with Crippen molar-refractivity contribution in [1.29, 1.82) is 0 Å². The van der Waals surface area contributed by atoms with Gasteiger partial charge >= 0.3 is 0 Å². The zero-order valence-corrected chi connectivity index (χ0v) is 22.7. The van der Waals surface area contributed by atoms with Crippen LogP contribution in [0.3, 0.4) is 0 Å². The number of hydrogen-bond acceptors (Lipinski definition) is 3. The van der Waals surface area contributed by atoms with E-state index in [0.717, 1.165) is 44.9 Å². The minimum atomic E-state index is -0.132. The lowest BCUT2D eigenvalue weighted by molar-refractivity contribution is -0.136. The van der Waals surface area contributed by atoms with Crippen LogP contribution in [0.1, 0.15) is 70.0 Å². The van der Waals surface area contributed by atoms with Crippen LogP contribution >= 0.6 is 0 Å². The van der Waals surface area contributed by atoms with Gasteiger partial charge in [0.1, 0.15) is 0 Å². The van der Waals surface area contributed by atoms with Gasteiger partial charge in [0.2, 0.25) is 11.8 Å². The van der Waals surface area contributed by atoms with Crippen molar-refractivity contribution in [3.63, 3.8) is 0 Å². The summed E-state index contributed by atoms with van der Waals surface area (Å²) in [5.74, 6) is 0.748. The fourth-order valence-electron chi connectivity index (χ4n) is 6.49. The third kappa shape index (κ3) is 6.09. The molecule has 2 amide bonds. The van der Waals surface area contributed by atoms with Crippen molar-refractivity contribution in [2.45, 2.75) is 65.0 Å². The average molecular weight is 502 g/mol. The second-order valence-electron chi connectivity index (χ2n) is 12.5. The molecule has 37 heavy (non-hydrogen) atoms. The Balaban J connectivity index is 1.12. The van der Waals surface area contributed by atoms with Gasteiger partial charge in [-0.05, 0) is 54.6 Å². The highest BCUT2D eigenvalue weighted by molar-refractivity contribution is 5.92. The van der Waals surface area contributed by atoms with E-state index in [-0.39, 0.29) is 35.7 Å². The molecule has 0 radical (unpaired) electrons. The van der Waals surface area contributed by atoms with Gasteiger partial charge < -0.3 is 10.2 Å².